The zero-order valence-corrected chi connectivity index (χ0v) is 14.0. The number of nitrogens with zero attached hydrogens (tertiary/aromatic N) is 2. The Morgan fingerprint density at radius 2 is 1.38 bits per heavy atom. The van der Waals surface area contributed by atoms with Gasteiger partial charge < -0.3 is 24.1 Å². The van der Waals surface area contributed by atoms with Gasteiger partial charge in [-0.2, -0.15) is 10.2 Å². The van der Waals surface area contributed by atoms with Gasteiger partial charge in [0.15, 0.2) is 23.0 Å². The van der Waals surface area contributed by atoms with E-state index in [9.17, 15) is 18.3 Å². The molecule has 2 rings (SSSR count). The maximum Gasteiger partial charge on any atom is 0.573 e. The fraction of sp³-hybridized carbons (Fsp3) is 0.250. The average molecular weight is 372 g/mol. The first-order chi connectivity index (χ1) is 12.3. The Balaban J connectivity index is 2.28. The van der Waals surface area contributed by atoms with Gasteiger partial charge in [0, 0.05) is 18.2 Å². The maximum atomic E-state index is 12.2. The minimum atomic E-state index is -4.91. The molecule has 0 spiro atoms. The van der Waals surface area contributed by atoms with Gasteiger partial charge in [0.05, 0.1) is 32.7 Å². The van der Waals surface area contributed by atoms with Gasteiger partial charge in [0.2, 0.25) is 5.75 Å². The van der Waals surface area contributed by atoms with E-state index in [0.717, 1.165) is 12.1 Å². The third-order valence-electron chi connectivity index (χ3n) is 3.10. The molecule has 0 aliphatic heterocycles. The highest BCUT2D eigenvalue weighted by molar-refractivity contribution is 5.60. The third-order valence-corrected chi connectivity index (χ3v) is 3.10. The first-order valence-electron chi connectivity index (χ1n) is 7.08. The summed E-state index contributed by atoms with van der Waals surface area (Å²) >= 11 is 0. The Kier molecular flexibility index (Phi) is 5.75. The summed E-state index contributed by atoms with van der Waals surface area (Å²) in [6.45, 7) is 0. The highest BCUT2D eigenvalue weighted by Gasteiger charge is 2.32. The SMILES string of the molecule is COc1cc(N=Nc2ccc(OC(F)(F)F)c(O)c2)cc(OC)c1OC. The predicted molar refractivity (Wildman–Crippen MR) is 85.1 cm³/mol. The summed E-state index contributed by atoms with van der Waals surface area (Å²) in [5.74, 6) is -0.358. The van der Waals surface area contributed by atoms with Crippen molar-refractivity contribution in [1.82, 2.24) is 0 Å². The van der Waals surface area contributed by atoms with Gasteiger partial charge in [-0.15, -0.1) is 13.2 Å². The molecule has 0 radical (unpaired) electrons. The number of rotatable bonds is 6. The van der Waals surface area contributed by atoms with Crippen molar-refractivity contribution in [2.24, 2.45) is 10.2 Å². The van der Waals surface area contributed by atoms with Crippen LogP contribution in [0.25, 0.3) is 0 Å². The second-order valence-corrected chi connectivity index (χ2v) is 4.78. The van der Waals surface area contributed by atoms with E-state index in [2.05, 4.69) is 15.0 Å². The molecular weight excluding hydrogens is 357 g/mol. The molecule has 10 heteroatoms. The molecule has 0 amide bonds. The van der Waals surface area contributed by atoms with Gasteiger partial charge in [-0.25, -0.2) is 0 Å². The molecule has 0 saturated carbocycles. The van der Waals surface area contributed by atoms with E-state index >= 15 is 0 Å². The highest BCUT2D eigenvalue weighted by Crippen LogP contribution is 2.41. The molecule has 0 aliphatic rings. The van der Waals surface area contributed by atoms with Crippen LogP contribution in [-0.4, -0.2) is 32.8 Å². The number of methoxy groups -OCH3 is 3. The van der Waals surface area contributed by atoms with Crippen LogP contribution in [0.5, 0.6) is 28.7 Å². The molecule has 0 unspecified atom stereocenters. The number of alkyl halides is 3. The fourth-order valence-electron chi connectivity index (χ4n) is 2.02. The number of benzene rings is 2. The van der Waals surface area contributed by atoms with Crippen molar-refractivity contribution in [1.29, 1.82) is 0 Å². The second-order valence-electron chi connectivity index (χ2n) is 4.78. The lowest BCUT2D eigenvalue weighted by molar-refractivity contribution is -0.275. The Bertz CT molecular complexity index is 784. The molecule has 0 aliphatic carbocycles. The van der Waals surface area contributed by atoms with E-state index in [4.69, 9.17) is 14.2 Å². The fourth-order valence-corrected chi connectivity index (χ4v) is 2.02. The summed E-state index contributed by atoms with van der Waals surface area (Å²) in [4.78, 5) is 0. The molecule has 140 valence electrons. The Labute approximate surface area is 146 Å². The molecule has 2 aromatic rings. The number of phenols is 1. The van der Waals surface area contributed by atoms with E-state index in [1.165, 1.54) is 39.5 Å². The number of azo groups is 1. The lowest BCUT2D eigenvalue weighted by atomic mass is 10.2. The number of ether oxygens (including phenoxy) is 4. The van der Waals surface area contributed by atoms with Gasteiger partial charge in [-0.3, -0.25) is 0 Å². The molecule has 2 aromatic carbocycles. The summed E-state index contributed by atoms with van der Waals surface area (Å²) in [5.41, 5.74) is 0.459. The normalized spacial score (nSPS) is 11.5. The molecule has 1 N–H and O–H groups in total. The van der Waals surface area contributed by atoms with Crippen molar-refractivity contribution in [3.05, 3.63) is 30.3 Å². The second kappa shape index (κ2) is 7.81. The monoisotopic (exact) mass is 372 g/mol. The van der Waals surface area contributed by atoms with Crippen LogP contribution in [0.4, 0.5) is 24.5 Å². The van der Waals surface area contributed by atoms with E-state index < -0.39 is 17.9 Å². The number of hydrogen-bond donors (Lipinski definition) is 1. The van der Waals surface area contributed by atoms with Crippen LogP contribution in [0, 0.1) is 0 Å². The topological polar surface area (TPSA) is 81.9 Å². The van der Waals surface area contributed by atoms with Crippen molar-refractivity contribution in [2.45, 2.75) is 6.36 Å². The van der Waals surface area contributed by atoms with Crippen LogP contribution in [0.15, 0.2) is 40.6 Å². The first-order valence-corrected chi connectivity index (χ1v) is 7.08. The molecule has 7 nitrogen and oxygen atoms in total. The number of halogens is 3. The Morgan fingerprint density at radius 3 is 1.85 bits per heavy atom. The van der Waals surface area contributed by atoms with Crippen LogP contribution in [0.1, 0.15) is 0 Å². The number of phenolic OH excluding ortho intramolecular Hbond substituents is 1. The molecular formula is C16H15F3N2O5. The van der Waals surface area contributed by atoms with E-state index in [-0.39, 0.29) is 5.69 Å². The summed E-state index contributed by atoms with van der Waals surface area (Å²) in [7, 11) is 4.33. The van der Waals surface area contributed by atoms with Gasteiger partial charge in [-0.1, -0.05) is 0 Å². The zero-order chi connectivity index (χ0) is 19.3. The molecule has 0 saturated heterocycles. The summed E-state index contributed by atoms with van der Waals surface area (Å²) in [5, 5.41) is 17.4. The summed E-state index contributed by atoms with van der Waals surface area (Å²) in [6, 6.07) is 6.20. The van der Waals surface area contributed by atoms with Crippen molar-refractivity contribution in [3.63, 3.8) is 0 Å². The Hall–Kier alpha value is -3.17. The van der Waals surface area contributed by atoms with Gasteiger partial charge in [0.25, 0.3) is 0 Å². The average Bonchev–Trinajstić information content (AvgIpc) is 2.59. The predicted octanol–water partition coefficient (Wildman–Crippen LogP) is 4.73. The largest absolute Gasteiger partial charge is 0.573 e. The lowest BCUT2D eigenvalue weighted by Gasteiger charge is -2.12. The van der Waals surface area contributed by atoms with E-state index in [1.54, 1.807) is 0 Å². The van der Waals surface area contributed by atoms with E-state index in [1.807, 2.05) is 0 Å². The van der Waals surface area contributed by atoms with Crippen molar-refractivity contribution < 1.29 is 37.2 Å². The third kappa shape index (κ3) is 4.68. The Morgan fingerprint density at radius 1 is 0.808 bits per heavy atom. The zero-order valence-electron chi connectivity index (χ0n) is 14.0. The van der Waals surface area contributed by atoms with Crippen LogP contribution >= 0.6 is 0 Å². The first kappa shape index (κ1) is 19.2. The smallest absolute Gasteiger partial charge is 0.504 e. The van der Waals surface area contributed by atoms with Gasteiger partial charge in [0.1, 0.15) is 0 Å². The highest BCUT2D eigenvalue weighted by atomic mass is 19.4. The molecule has 0 heterocycles. The number of aromatic hydroxyl groups is 1. The van der Waals surface area contributed by atoms with Gasteiger partial charge in [-0.05, 0) is 12.1 Å². The molecule has 26 heavy (non-hydrogen) atoms. The van der Waals surface area contributed by atoms with Crippen LogP contribution in [-0.2, 0) is 0 Å². The van der Waals surface area contributed by atoms with Crippen LogP contribution in [0.2, 0.25) is 0 Å². The minimum absolute atomic E-state index is 0.116. The van der Waals surface area contributed by atoms with Crippen molar-refractivity contribution in [3.8, 4) is 28.7 Å². The summed E-state index contributed by atoms with van der Waals surface area (Å²) < 4.78 is 55.8. The summed E-state index contributed by atoms with van der Waals surface area (Å²) in [6.07, 6.45) is -4.91. The van der Waals surface area contributed by atoms with Crippen LogP contribution < -0.4 is 18.9 Å². The van der Waals surface area contributed by atoms with E-state index in [0.29, 0.717) is 22.9 Å². The molecule has 0 bridgehead atoms. The quantitative estimate of drug-likeness (QED) is 0.741. The minimum Gasteiger partial charge on any atom is -0.504 e. The van der Waals surface area contributed by atoms with Crippen LogP contribution in [0.3, 0.4) is 0 Å². The lowest BCUT2D eigenvalue weighted by Crippen LogP contribution is -2.17. The standard InChI is InChI=1S/C16H15F3N2O5/c1-23-13-7-10(8-14(24-2)15(13)25-3)21-20-9-4-5-12(11(22)6-9)26-16(17,18)19/h4-8,22H,1-3H3. The molecule has 0 aromatic heterocycles. The molecule has 0 atom stereocenters. The molecule has 0 fully saturated rings. The van der Waals surface area contributed by atoms with Crippen molar-refractivity contribution in [2.75, 3.05) is 21.3 Å². The van der Waals surface area contributed by atoms with Crippen molar-refractivity contribution >= 4 is 11.4 Å². The number of hydrogen-bond acceptors (Lipinski definition) is 7. The maximum absolute atomic E-state index is 12.2. The van der Waals surface area contributed by atoms with Gasteiger partial charge >= 0.3 is 6.36 Å².